The second-order valence-corrected chi connectivity index (χ2v) is 6.63. The molecule has 0 aromatic carbocycles. The zero-order valence-corrected chi connectivity index (χ0v) is 12.1. The topological polar surface area (TPSA) is 99.6 Å². The third kappa shape index (κ3) is 2.17. The van der Waals surface area contributed by atoms with Crippen LogP contribution in [0.25, 0.3) is 0 Å². The molecule has 3 rings (SSSR count). The number of hydrogen-bond acceptors (Lipinski definition) is 6. The van der Waals surface area contributed by atoms with E-state index in [-0.39, 0.29) is 6.61 Å². The highest BCUT2D eigenvalue weighted by molar-refractivity contribution is 7.33. The Morgan fingerprint density at radius 2 is 2.30 bits per heavy atom. The van der Waals surface area contributed by atoms with Gasteiger partial charge in [-0.3, -0.25) is 18.9 Å². The molecule has 2 saturated heterocycles. The number of halogens is 1. The number of alkyl halides is 1. The molecule has 20 heavy (non-hydrogen) atoms. The maximum atomic E-state index is 11.8. The van der Waals surface area contributed by atoms with E-state index in [0.717, 1.165) is 0 Å². The van der Waals surface area contributed by atoms with E-state index in [9.17, 15) is 14.2 Å². The molecule has 8 nitrogen and oxygen atoms in total. The van der Waals surface area contributed by atoms with E-state index in [4.69, 9.17) is 25.4 Å². The van der Waals surface area contributed by atoms with E-state index in [0.29, 0.717) is 0 Å². The first-order valence-electron chi connectivity index (χ1n) is 5.89. The fraction of sp³-hybridized carbons (Fsp3) is 0.600. The van der Waals surface area contributed by atoms with Gasteiger partial charge in [-0.15, -0.1) is 11.6 Å². The van der Waals surface area contributed by atoms with Gasteiger partial charge in [0.05, 0.1) is 6.61 Å². The summed E-state index contributed by atoms with van der Waals surface area (Å²) in [6.45, 7) is 1.71. The van der Waals surface area contributed by atoms with E-state index in [1.165, 1.54) is 16.8 Å². The lowest BCUT2D eigenvalue weighted by Gasteiger charge is -2.30. The number of nitrogens with zero attached hydrogens (tertiary/aromatic N) is 1. The number of rotatable bonds is 1. The summed E-state index contributed by atoms with van der Waals surface area (Å²) in [7, 11) is -2.60. The first-order valence-corrected chi connectivity index (χ1v) is 7.49. The summed E-state index contributed by atoms with van der Waals surface area (Å²) in [6, 6.07) is 1.19. The quantitative estimate of drug-likeness (QED) is 0.587. The Labute approximate surface area is 118 Å². The van der Waals surface area contributed by atoms with Gasteiger partial charge < -0.3 is 13.8 Å². The Morgan fingerprint density at radius 1 is 1.55 bits per heavy atom. The van der Waals surface area contributed by atoms with Crippen LogP contribution in [0.3, 0.4) is 0 Å². The van der Waals surface area contributed by atoms with Gasteiger partial charge in [-0.05, 0) is 6.92 Å². The monoisotopic (exact) mass is 322 g/mol. The summed E-state index contributed by atoms with van der Waals surface area (Å²) in [5, 5.41) is 0. The Hall–Kier alpha value is -0.920. The second kappa shape index (κ2) is 4.82. The molecule has 0 radical (unpaired) electrons. The summed E-state index contributed by atoms with van der Waals surface area (Å²) in [6.07, 6.45) is -0.745. The van der Waals surface area contributed by atoms with E-state index in [1.807, 2.05) is 0 Å². The predicted molar refractivity (Wildman–Crippen MR) is 69.3 cm³/mol. The summed E-state index contributed by atoms with van der Waals surface area (Å²) < 4.78 is 28.3. The molecule has 1 aromatic heterocycles. The molecule has 0 spiro atoms. The van der Waals surface area contributed by atoms with Crippen molar-refractivity contribution in [3.63, 3.8) is 0 Å². The molecular weight excluding hydrogens is 311 g/mol. The van der Waals surface area contributed by atoms with Gasteiger partial charge in [0.1, 0.15) is 17.1 Å². The Bertz CT molecular complexity index is 670. The van der Waals surface area contributed by atoms with E-state index in [2.05, 4.69) is 4.98 Å². The number of aromatic amines is 1. The van der Waals surface area contributed by atoms with Gasteiger partial charge in [0.15, 0.2) is 6.23 Å². The number of hydrogen-bond donors (Lipinski definition) is 1. The fourth-order valence-corrected chi connectivity index (χ4v) is 3.82. The van der Waals surface area contributed by atoms with Crippen molar-refractivity contribution in [1.82, 2.24) is 9.55 Å². The summed E-state index contributed by atoms with van der Waals surface area (Å²) in [5.74, 6) is 0. The fourth-order valence-electron chi connectivity index (χ4n) is 2.43. The minimum atomic E-state index is -2.60. The molecule has 5 atom stereocenters. The summed E-state index contributed by atoms with van der Waals surface area (Å²) in [5.41, 5.74) is -1.15. The first-order chi connectivity index (χ1) is 9.39. The van der Waals surface area contributed by atoms with E-state index >= 15 is 0 Å². The van der Waals surface area contributed by atoms with Crippen molar-refractivity contribution in [2.45, 2.75) is 30.2 Å². The number of fused-ring (bicyclic) bond motifs is 1. The number of ether oxygens (including phenoxy) is 1. The second-order valence-electron chi connectivity index (χ2n) is 4.79. The molecule has 3 heterocycles. The standard InChI is InChI=1S/C10H12ClN2O6P/c1-10(11)7-5(4-17-20(16)19-7)18-8(10)13-3-2-6(14)12-9(13)15/h2-3,5,7-8,20H,4H2,1H3,(H,12,14,15)/t5-,7-,8-,10-/m1/s1. The number of aromatic nitrogens is 2. The molecule has 1 N–H and O–H groups in total. The Balaban J connectivity index is 2.00. The van der Waals surface area contributed by atoms with E-state index < -0.39 is 42.8 Å². The maximum absolute atomic E-state index is 11.8. The average molecular weight is 323 g/mol. The predicted octanol–water partition coefficient (Wildman–Crippen LogP) is 0.237. The smallest absolute Gasteiger partial charge is 0.330 e. The lowest BCUT2D eigenvalue weighted by atomic mass is 10.0. The lowest BCUT2D eigenvalue weighted by molar-refractivity contribution is -0.0551. The third-order valence-electron chi connectivity index (χ3n) is 3.37. The van der Waals surface area contributed by atoms with Crippen LogP contribution in [0.1, 0.15) is 13.2 Å². The molecule has 2 aliphatic rings. The molecule has 1 unspecified atom stereocenters. The van der Waals surface area contributed by atoms with Gasteiger partial charge in [0.25, 0.3) is 5.56 Å². The third-order valence-corrected chi connectivity index (χ3v) is 4.62. The molecule has 0 aliphatic carbocycles. The lowest BCUT2D eigenvalue weighted by Crippen LogP contribution is -2.44. The zero-order valence-electron chi connectivity index (χ0n) is 10.4. The van der Waals surface area contributed by atoms with Crippen LogP contribution in [0.5, 0.6) is 0 Å². The summed E-state index contributed by atoms with van der Waals surface area (Å²) in [4.78, 5) is 23.9. The van der Waals surface area contributed by atoms with Crippen LogP contribution in [0.4, 0.5) is 0 Å². The molecule has 2 aliphatic heterocycles. The van der Waals surface area contributed by atoms with Crippen LogP contribution in [0, 0.1) is 0 Å². The molecule has 110 valence electrons. The Morgan fingerprint density at radius 3 is 3.00 bits per heavy atom. The van der Waals surface area contributed by atoms with Crippen molar-refractivity contribution in [2.75, 3.05) is 6.61 Å². The maximum Gasteiger partial charge on any atom is 0.330 e. The van der Waals surface area contributed by atoms with Crippen molar-refractivity contribution in [3.05, 3.63) is 33.1 Å². The van der Waals surface area contributed by atoms with Crippen molar-refractivity contribution < 1.29 is 18.3 Å². The van der Waals surface area contributed by atoms with Crippen LogP contribution >= 0.6 is 19.9 Å². The van der Waals surface area contributed by atoms with Crippen molar-refractivity contribution >= 4 is 19.9 Å². The van der Waals surface area contributed by atoms with Gasteiger partial charge in [-0.2, -0.15) is 0 Å². The minimum Gasteiger partial charge on any atom is -0.347 e. The number of H-pyrrole nitrogens is 1. The van der Waals surface area contributed by atoms with Gasteiger partial charge in [-0.25, -0.2) is 4.79 Å². The zero-order chi connectivity index (χ0) is 14.5. The van der Waals surface area contributed by atoms with E-state index in [1.54, 1.807) is 6.92 Å². The van der Waals surface area contributed by atoms with Gasteiger partial charge in [0, 0.05) is 12.3 Å². The summed E-state index contributed by atoms with van der Waals surface area (Å²) >= 11 is 6.44. The van der Waals surface area contributed by atoms with Crippen LogP contribution in [0.15, 0.2) is 21.9 Å². The van der Waals surface area contributed by atoms with Gasteiger partial charge >= 0.3 is 13.9 Å². The van der Waals surface area contributed by atoms with Crippen LogP contribution in [0.2, 0.25) is 0 Å². The van der Waals surface area contributed by atoms with Gasteiger partial charge in [-0.1, -0.05) is 0 Å². The molecule has 2 fully saturated rings. The largest absolute Gasteiger partial charge is 0.347 e. The van der Waals surface area contributed by atoms with Crippen LogP contribution in [-0.4, -0.2) is 33.2 Å². The van der Waals surface area contributed by atoms with Crippen LogP contribution in [-0.2, 0) is 18.3 Å². The highest BCUT2D eigenvalue weighted by atomic mass is 35.5. The molecule has 0 bridgehead atoms. The molecule has 1 aromatic rings. The van der Waals surface area contributed by atoms with Crippen molar-refractivity contribution in [2.24, 2.45) is 0 Å². The average Bonchev–Trinajstić information content (AvgIpc) is 2.62. The van der Waals surface area contributed by atoms with Crippen molar-refractivity contribution in [3.8, 4) is 0 Å². The van der Waals surface area contributed by atoms with Crippen molar-refractivity contribution in [1.29, 1.82) is 0 Å². The van der Waals surface area contributed by atoms with Gasteiger partial charge in [0.2, 0.25) is 0 Å². The van der Waals surface area contributed by atoms with Crippen LogP contribution < -0.4 is 11.2 Å². The Kier molecular flexibility index (Phi) is 3.38. The molecule has 0 saturated carbocycles. The highest BCUT2D eigenvalue weighted by Gasteiger charge is 2.57. The minimum absolute atomic E-state index is 0.0827. The normalized spacial score (nSPS) is 40.5. The molecular formula is C10H12ClN2O6P. The highest BCUT2D eigenvalue weighted by Crippen LogP contribution is 2.50. The number of nitrogens with one attached hydrogen (secondary N) is 1. The first kappa shape index (κ1) is 14.0. The molecule has 0 amide bonds. The molecule has 10 heteroatoms. The SMILES string of the molecule is C[C@@]1(Cl)[C@@H]2O[PH](=O)OC[C@H]2O[C@H]1n1ccc(=O)[nH]c1=O.